The van der Waals surface area contributed by atoms with Crippen molar-refractivity contribution < 1.29 is 0 Å². The Balaban J connectivity index is 2.21. The van der Waals surface area contributed by atoms with Gasteiger partial charge in [0, 0.05) is 5.02 Å². The summed E-state index contributed by atoms with van der Waals surface area (Å²) in [6, 6.07) is 10.9. The fourth-order valence-electron chi connectivity index (χ4n) is 3.69. The van der Waals surface area contributed by atoms with E-state index in [1.165, 1.54) is 45.7 Å². The summed E-state index contributed by atoms with van der Waals surface area (Å²) in [5.74, 6) is 0. The second-order valence-corrected chi connectivity index (χ2v) is 6.33. The molecule has 100 valence electrons. The first kappa shape index (κ1) is 12.2. The third-order valence-electron chi connectivity index (χ3n) is 4.70. The summed E-state index contributed by atoms with van der Waals surface area (Å²) in [6.07, 6.45) is 7.14. The Morgan fingerprint density at radius 3 is 2.60 bits per heavy atom. The quantitative estimate of drug-likeness (QED) is 0.693. The van der Waals surface area contributed by atoms with Gasteiger partial charge in [-0.15, -0.1) is 0 Å². The van der Waals surface area contributed by atoms with E-state index in [4.69, 9.17) is 11.6 Å². The van der Waals surface area contributed by atoms with Crippen LogP contribution >= 0.6 is 11.6 Å². The van der Waals surface area contributed by atoms with E-state index in [1.807, 2.05) is 6.07 Å². The second-order valence-electron chi connectivity index (χ2n) is 5.89. The van der Waals surface area contributed by atoms with Crippen LogP contribution in [0.4, 0.5) is 0 Å². The van der Waals surface area contributed by atoms with Crippen molar-refractivity contribution in [2.45, 2.75) is 32.6 Å². The number of benzene rings is 2. The van der Waals surface area contributed by atoms with Crippen LogP contribution in [0.15, 0.2) is 30.3 Å². The van der Waals surface area contributed by atoms with E-state index in [1.54, 1.807) is 11.1 Å². The van der Waals surface area contributed by atoms with Crippen LogP contribution in [-0.2, 0) is 12.8 Å². The van der Waals surface area contributed by atoms with Gasteiger partial charge in [0.25, 0.3) is 0 Å². The molecule has 2 aromatic carbocycles. The molecule has 0 bridgehead atoms. The van der Waals surface area contributed by atoms with Gasteiger partial charge in [0.15, 0.2) is 0 Å². The molecule has 0 saturated carbocycles. The lowest BCUT2D eigenvalue weighted by Crippen LogP contribution is -2.21. The van der Waals surface area contributed by atoms with Gasteiger partial charge in [-0.3, -0.25) is 0 Å². The summed E-state index contributed by atoms with van der Waals surface area (Å²) in [5, 5.41) is 6.35. The van der Waals surface area contributed by atoms with Crippen LogP contribution < -0.4 is 10.4 Å². The predicted molar refractivity (Wildman–Crippen MR) is 85.0 cm³/mol. The van der Waals surface area contributed by atoms with Gasteiger partial charge in [-0.2, -0.15) is 0 Å². The van der Waals surface area contributed by atoms with Gasteiger partial charge in [0.05, 0.1) is 0 Å². The predicted octanol–water partition coefficient (Wildman–Crippen LogP) is 3.47. The summed E-state index contributed by atoms with van der Waals surface area (Å²) >= 11 is 6.11. The maximum Gasteiger partial charge on any atom is 0.0412 e. The third kappa shape index (κ3) is 1.75. The SMILES string of the molecule is CC1=c2ccc3c(c2CCC1)CC=c1cc(Cl)ccc1=3. The molecule has 0 aliphatic heterocycles. The van der Waals surface area contributed by atoms with E-state index in [0.717, 1.165) is 11.4 Å². The van der Waals surface area contributed by atoms with Gasteiger partial charge in [0.2, 0.25) is 0 Å². The molecular weight excluding hydrogens is 264 g/mol. The van der Waals surface area contributed by atoms with Gasteiger partial charge in [-0.1, -0.05) is 41.4 Å². The molecule has 0 aromatic heterocycles. The van der Waals surface area contributed by atoms with Crippen LogP contribution in [0.5, 0.6) is 0 Å². The minimum atomic E-state index is 0.825. The zero-order valence-corrected chi connectivity index (χ0v) is 12.4. The van der Waals surface area contributed by atoms with Crippen molar-refractivity contribution in [3.8, 4) is 0 Å². The Kier molecular flexibility index (Phi) is 2.75. The average Bonchev–Trinajstić information content (AvgIpc) is 2.46. The van der Waals surface area contributed by atoms with E-state index >= 15 is 0 Å². The minimum Gasteiger partial charge on any atom is -0.0843 e. The van der Waals surface area contributed by atoms with Crippen LogP contribution in [0, 0.1) is 10.4 Å². The zero-order chi connectivity index (χ0) is 13.7. The first-order valence-corrected chi connectivity index (χ1v) is 7.72. The maximum atomic E-state index is 6.11. The molecule has 0 heterocycles. The highest BCUT2D eigenvalue weighted by Gasteiger charge is 2.13. The van der Waals surface area contributed by atoms with E-state index in [9.17, 15) is 0 Å². The summed E-state index contributed by atoms with van der Waals surface area (Å²) in [6.45, 7) is 2.28. The molecule has 0 unspecified atom stereocenters. The monoisotopic (exact) mass is 280 g/mol. The molecule has 4 rings (SSSR count). The van der Waals surface area contributed by atoms with E-state index in [0.29, 0.717) is 0 Å². The molecule has 20 heavy (non-hydrogen) atoms. The normalized spacial score (nSPS) is 16.0. The molecule has 0 saturated heterocycles. The molecule has 0 radical (unpaired) electrons. The second kappa shape index (κ2) is 4.49. The third-order valence-corrected chi connectivity index (χ3v) is 4.93. The summed E-state index contributed by atoms with van der Waals surface area (Å²) in [7, 11) is 0. The number of rotatable bonds is 0. The molecule has 0 atom stereocenters. The van der Waals surface area contributed by atoms with Gasteiger partial charge < -0.3 is 0 Å². The molecule has 0 spiro atoms. The van der Waals surface area contributed by atoms with Crippen LogP contribution in [0.2, 0.25) is 5.02 Å². The van der Waals surface area contributed by atoms with Gasteiger partial charge in [-0.05, 0) is 76.7 Å². The van der Waals surface area contributed by atoms with E-state index in [2.05, 4.69) is 37.3 Å². The van der Waals surface area contributed by atoms with Gasteiger partial charge in [0.1, 0.15) is 0 Å². The van der Waals surface area contributed by atoms with Gasteiger partial charge >= 0.3 is 0 Å². The highest BCUT2D eigenvalue weighted by atomic mass is 35.5. The topological polar surface area (TPSA) is 0 Å². The largest absolute Gasteiger partial charge is 0.0843 e. The Bertz CT molecular complexity index is 919. The lowest BCUT2D eigenvalue weighted by atomic mass is 9.86. The maximum absolute atomic E-state index is 6.11. The lowest BCUT2D eigenvalue weighted by Gasteiger charge is -2.18. The zero-order valence-electron chi connectivity index (χ0n) is 11.7. The Hall–Kier alpha value is -1.53. The standard InChI is InChI=1S/C19H17Cl/c1-12-3-2-4-17-15(12)9-10-18-16-8-6-14(20)11-13(16)5-7-19(17)18/h5-6,8-11H,2-4,7H2,1H3. The van der Waals surface area contributed by atoms with Crippen molar-refractivity contribution in [2.75, 3.05) is 0 Å². The molecule has 0 amide bonds. The van der Waals surface area contributed by atoms with Crippen LogP contribution in [0.25, 0.3) is 11.6 Å². The van der Waals surface area contributed by atoms with Crippen molar-refractivity contribution in [1.82, 2.24) is 0 Å². The summed E-state index contributed by atoms with van der Waals surface area (Å²) < 4.78 is 0. The first-order valence-electron chi connectivity index (χ1n) is 7.35. The van der Waals surface area contributed by atoms with Crippen LogP contribution in [0.1, 0.15) is 30.9 Å². The fourth-order valence-corrected chi connectivity index (χ4v) is 3.87. The summed E-state index contributed by atoms with van der Waals surface area (Å²) in [5.41, 5.74) is 4.68. The average molecular weight is 281 g/mol. The highest BCUT2D eigenvalue weighted by Crippen LogP contribution is 2.21. The molecular formula is C19H17Cl. The van der Waals surface area contributed by atoms with Crippen molar-refractivity contribution in [3.05, 3.63) is 67.4 Å². The molecule has 2 aliphatic rings. The van der Waals surface area contributed by atoms with Crippen LogP contribution in [0.3, 0.4) is 0 Å². The van der Waals surface area contributed by atoms with Crippen molar-refractivity contribution in [3.63, 3.8) is 0 Å². The number of halogens is 1. The molecule has 2 aromatic rings. The lowest BCUT2D eigenvalue weighted by molar-refractivity contribution is 0.805. The number of hydrogen-bond donors (Lipinski definition) is 0. The minimum absolute atomic E-state index is 0.825. The van der Waals surface area contributed by atoms with Gasteiger partial charge in [-0.25, -0.2) is 0 Å². The van der Waals surface area contributed by atoms with Crippen molar-refractivity contribution >= 4 is 23.3 Å². The number of hydrogen-bond acceptors (Lipinski definition) is 0. The van der Waals surface area contributed by atoms with E-state index < -0.39 is 0 Å². The first-order chi connectivity index (χ1) is 9.74. The van der Waals surface area contributed by atoms with Crippen LogP contribution in [-0.4, -0.2) is 0 Å². The molecule has 2 aliphatic carbocycles. The smallest absolute Gasteiger partial charge is 0.0412 e. The Labute approximate surface area is 123 Å². The highest BCUT2D eigenvalue weighted by molar-refractivity contribution is 6.30. The fraction of sp³-hybridized carbons (Fsp3) is 0.263. The Morgan fingerprint density at radius 1 is 0.900 bits per heavy atom. The molecule has 0 fully saturated rings. The molecule has 1 heteroatoms. The molecule has 0 nitrogen and oxygen atoms in total. The number of fused-ring (bicyclic) bond motifs is 4. The Morgan fingerprint density at radius 2 is 1.70 bits per heavy atom. The summed E-state index contributed by atoms with van der Waals surface area (Å²) in [4.78, 5) is 0. The molecule has 0 N–H and O–H groups in total. The van der Waals surface area contributed by atoms with Crippen molar-refractivity contribution in [1.29, 1.82) is 0 Å². The van der Waals surface area contributed by atoms with Crippen molar-refractivity contribution in [2.24, 2.45) is 0 Å². The van der Waals surface area contributed by atoms with E-state index in [-0.39, 0.29) is 0 Å².